The molecule has 152 valence electrons. The number of pyridine rings is 1. The van der Waals surface area contributed by atoms with E-state index in [1.54, 1.807) is 0 Å². The predicted molar refractivity (Wildman–Crippen MR) is 104 cm³/mol. The van der Waals surface area contributed by atoms with Gasteiger partial charge in [-0.2, -0.15) is 9.71 Å². The number of hydrogen-bond acceptors (Lipinski definition) is 7. The third-order valence-corrected chi connectivity index (χ3v) is 5.37. The number of carboxylic acids is 1. The van der Waals surface area contributed by atoms with E-state index in [0.717, 1.165) is 6.20 Å². The van der Waals surface area contributed by atoms with Crippen molar-refractivity contribution in [1.29, 1.82) is 0 Å². The number of aliphatic imine (C=N–C) groups is 1. The number of aliphatic carboxylic acids is 1. The lowest BCUT2D eigenvalue weighted by Gasteiger charge is -2.15. The normalized spacial score (nSPS) is 12.6. The van der Waals surface area contributed by atoms with Gasteiger partial charge >= 0.3 is 5.97 Å². The highest BCUT2D eigenvalue weighted by molar-refractivity contribution is 7.89. The lowest BCUT2D eigenvalue weighted by molar-refractivity contribution is -0.139. The van der Waals surface area contributed by atoms with Crippen molar-refractivity contribution in [3.8, 4) is 5.75 Å². The molecule has 0 fully saturated rings. The Balaban J connectivity index is 2.44. The molecular formula is C16H22N6O5S. The van der Waals surface area contributed by atoms with Crippen molar-refractivity contribution in [2.24, 2.45) is 22.2 Å². The Kier molecular flexibility index (Phi) is 6.72. The molecular weight excluding hydrogens is 388 g/mol. The second-order valence-corrected chi connectivity index (χ2v) is 7.72. The molecule has 0 amide bonds. The molecule has 0 saturated heterocycles. The second-order valence-electron chi connectivity index (χ2n) is 6.01. The number of nitrogens with two attached hydrogens (primary N) is 3. The monoisotopic (exact) mass is 410 g/mol. The molecule has 0 bridgehead atoms. The largest absolute Gasteiger partial charge is 0.506 e. The van der Waals surface area contributed by atoms with Crippen molar-refractivity contribution in [2.75, 3.05) is 6.54 Å². The number of nitrogens with zero attached hydrogens (tertiary/aromatic N) is 2. The van der Waals surface area contributed by atoms with Gasteiger partial charge < -0.3 is 27.4 Å². The summed E-state index contributed by atoms with van der Waals surface area (Å²) in [4.78, 5) is 18.9. The van der Waals surface area contributed by atoms with Gasteiger partial charge in [0, 0.05) is 10.8 Å². The Labute approximate surface area is 161 Å². The Hall–Kier alpha value is -2.96. The maximum Gasteiger partial charge on any atom is 0.321 e. The molecule has 1 unspecified atom stereocenters. The predicted octanol–water partition coefficient (Wildman–Crippen LogP) is -0.294. The summed E-state index contributed by atoms with van der Waals surface area (Å²) in [6.07, 6.45) is 2.27. The van der Waals surface area contributed by atoms with Crippen LogP contribution in [0.15, 0.2) is 34.3 Å². The van der Waals surface area contributed by atoms with Gasteiger partial charge in [0.05, 0.1) is 11.1 Å². The van der Waals surface area contributed by atoms with E-state index in [-0.39, 0.29) is 39.6 Å². The average Bonchev–Trinajstić information content (AvgIpc) is 2.62. The van der Waals surface area contributed by atoms with Gasteiger partial charge in [0.15, 0.2) is 11.8 Å². The molecule has 11 nitrogen and oxygen atoms in total. The molecule has 12 heteroatoms. The van der Waals surface area contributed by atoms with E-state index in [0.29, 0.717) is 19.4 Å². The number of guanidine groups is 1. The summed E-state index contributed by atoms with van der Waals surface area (Å²) in [5, 5.41) is 19.7. The summed E-state index contributed by atoms with van der Waals surface area (Å²) < 4.78 is 27.5. The van der Waals surface area contributed by atoms with Crippen LogP contribution in [0.25, 0.3) is 10.8 Å². The van der Waals surface area contributed by atoms with Gasteiger partial charge in [-0.1, -0.05) is 6.42 Å². The van der Waals surface area contributed by atoms with Gasteiger partial charge in [0.2, 0.25) is 10.0 Å². The third-order valence-electron chi connectivity index (χ3n) is 3.90. The summed E-state index contributed by atoms with van der Waals surface area (Å²) in [6.45, 7) is 0.383. The van der Waals surface area contributed by atoms with Crippen LogP contribution >= 0.6 is 0 Å². The first-order valence-corrected chi connectivity index (χ1v) is 9.80. The van der Waals surface area contributed by atoms with Crippen molar-refractivity contribution < 1.29 is 23.4 Å². The topological polar surface area (TPSA) is 207 Å². The number of unbranched alkanes of at least 4 members (excludes halogenated alkanes) is 1. The molecule has 9 N–H and O–H groups in total. The van der Waals surface area contributed by atoms with Crippen LogP contribution in [-0.2, 0) is 14.8 Å². The number of benzene rings is 1. The van der Waals surface area contributed by atoms with Crippen molar-refractivity contribution in [1.82, 2.24) is 9.71 Å². The maximum atomic E-state index is 12.7. The van der Waals surface area contributed by atoms with Gasteiger partial charge in [-0.15, -0.1) is 0 Å². The van der Waals surface area contributed by atoms with E-state index in [1.165, 1.54) is 18.2 Å². The maximum absolute atomic E-state index is 12.7. The third kappa shape index (κ3) is 5.06. The molecule has 0 aliphatic heterocycles. The lowest BCUT2D eigenvalue weighted by atomic mass is 10.1. The first kappa shape index (κ1) is 21.3. The van der Waals surface area contributed by atoms with Crippen molar-refractivity contribution in [3.05, 3.63) is 24.4 Å². The van der Waals surface area contributed by atoms with Gasteiger partial charge in [-0.05, 0) is 37.6 Å². The number of fused-ring (bicyclic) bond motifs is 1. The molecule has 0 spiro atoms. The molecule has 28 heavy (non-hydrogen) atoms. The number of hydrogen-bond donors (Lipinski definition) is 6. The van der Waals surface area contributed by atoms with E-state index in [4.69, 9.17) is 17.2 Å². The zero-order valence-corrected chi connectivity index (χ0v) is 15.7. The van der Waals surface area contributed by atoms with E-state index < -0.39 is 22.0 Å². The molecule has 0 aliphatic rings. The number of aromatic nitrogens is 1. The minimum atomic E-state index is -4.17. The van der Waals surface area contributed by atoms with Crippen molar-refractivity contribution in [3.63, 3.8) is 0 Å². The van der Waals surface area contributed by atoms with Gasteiger partial charge in [0.25, 0.3) is 0 Å². The Morgan fingerprint density at radius 1 is 1.25 bits per heavy atom. The smallest absolute Gasteiger partial charge is 0.321 e. The fourth-order valence-corrected chi connectivity index (χ4v) is 3.80. The summed E-state index contributed by atoms with van der Waals surface area (Å²) in [6, 6.07) is 2.51. The summed E-state index contributed by atoms with van der Waals surface area (Å²) >= 11 is 0. The first-order chi connectivity index (χ1) is 13.2. The SMILES string of the molecule is NCCCCC(NS(=O)(=O)c1ccc2c(O)cnc(N=C(N)N)c2c1)C(=O)O. The molecule has 0 radical (unpaired) electrons. The van der Waals surface area contributed by atoms with Gasteiger partial charge in [-0.25, -0.2) is 13.4 Å². The molecule has 1 aromatic carbocycles. The molecule has 2 rings (SSSR count). The highest BCUT2D eigenvalue weighted by Gasteiger charge is 2.25. The van der Waals surface area contributed by atoms with Crippen LogP contribution < -0.4 is 21.9 Å². The average molecular weight is 410 g/mol. The Morgan fingerprint density at radius 2 is 1.96 bits per heavy atom. The molecule has 1 atom stereocenters. The van der Waals surface area contributed by atoms with E-state index in [9.17, 15) is 23.4 Å². The molecule has 0 saturated carbocycles. The molecule has 1 heterocycles. The number of nitrogens with one attached hydrogen (secondary N) is 1. The van der Waals surface area contributed by atoms with E-state index in [1.807, 2.05) is 0 Å². The number of carbonyl (C=O) groups is 1. The molecule has 1 aromatic heterocycles. The van der Waals surface area contributed by atoms with E-state index >= 15 is 0 Å². The highest BCUT2D eigenvalue weighted by atomic mass is 32.2. The molecule has 0 aliphatic carbocycles. The van der Waals surface area contributed by atoms with E-state index in [2.05, 4.69) is 14.7 Å². The summed E-state index contributed by atoms with van der Waals surface area (Å²) in [5.41, 5.74) is 16.1. The first-order valence-electron chi connectivity index (χ1n) is 8.32. The summed E-state index contributed by atoms with van der Waals surface area (Å²) in [5.74, 6) is -1.76. The van der Waals surface area contributed by atoms with Crippen LogP contribution in [0.1, 0.15) is 19.3 Å². The summed E-state index contributed by atoms with van der Waals surface area (Å²) in [7, 11) is -4.17. The fraction of sp³-hybridized carbons (Fsp3) is 0.312. The van der Waals surface area contributed by atoms with Gasteiger partial charge in [0.1, 0.15) is 11.8 Å². The number of carboxylic acid groups (broad SMARTS) is 1. The zero-order valence-electron chi connectivity index (χ0n) is 14.9. The Morgan fingerprint density at radius 3 is 2.57 bits per heavy atom. The van der Waals surface area contributed by atoms with Crippen molar-refractivity contribution >= 4 is 38.5 Å². The highest BCUT2D eigenvalue weighted by Crippen LogP contribution is 2.32. The number of rotatable bonds is 9. The van der Waals surface area contributed by atoms with Crippen LogP contribution in [0.3, 0.4) is 0 Å². The fourth-order valence-electron chi connectivity index (χ4n) is 2.55. The van der Waals surface area contributed by atoms with Gasteiger partial charge in [-0.3, -0.25) is 4.79 Å². The van der Waals surface area contributed by atoms with Crippen LogP contribution in [0.2, 0.25) is 0 Å². The lowest BCUT2D eigenvalue weighted by Crippen LogP contribution is -2.40. The standard InChI is InChI=1S/C16H22N6O5S/c17-6-2-1-3-12(15(24)25)22-28(26,27)9-4-5-10-11(7-9)14(21-16(18)19)20-8-13(10)23/h4-5,7-8,12,22-23H,1-3,6,17H2,(H,24,25)(H4,18,19,20,21). The Bertz CT molecular complexity index is 1000. The number of aromatic hydroxyl groups is 1. The second kappa shape index (κ2) is 8.82. The van der Waals surface area contributed by atoms with Crippen LogP contribution in [-0.4, -0.2) is 48.1 Å². The quantitative estimate of drug-likeness (QED) is 0.182. The van der Waals surface area contributed by atoms with Crippen LogP contribution in [0.5, 0.6) is 5.75 Å². The van der Waals surface area contributed by atoms with Crippen LogP contribution in [0.4, 0.5) is 5.82 Å². The minimum Gasteiger partial charge on any atom is -0.506 e. The number of sulfonamides is 1. The van der Waals surface area contributed by atoms with Crippen LogP contribution in [0, 0.1) is 0 Å². The molecule has 2 aromatic rings. The van der Waals surface area contributed by atoms with Crippen molar-refractivity contribution in [2.45, 2.75) is 30.2 Å². The zero-order chi connectivity index (χ0) is 20.9. The minimum absolute atomic E-state index is 0.0163.